The zero-order valence-corrected chi connectivity index (χ0v) is 28.5. The highest BCUT2D eigenvalue weighted by molar-refractivity contribution is 7.91. The molecular weight excluding hydrogens is 738 g/mol. The molecule has 0 spiro atoms. The molecule has 2 amide bonds. The van der Waals surface area contributed by atoms with Gasteiger partial charge in [0.05, 0.1) is 29.6 Å². The van der Waals surface area contributed by atoms with Crippen molar-refractivity contribution in [2.45, 2.75) is 61.0 Å². The number of Topliss-reactive ketones (excluding diaryl/α,β-unsaturated/α-hetero) is 2. The van der Waals surface area contributed by atoms with E-state index in [-0.39, 0.29) is 17.9 Å². The van der Waals surface area contributed by atoms with Crippen LogP contribution in [0.5, 0.6) is 11.5 Å². The first-order chi connectivity index (χ1) is 24.8. The third-order valence-corrected chi connectivity index (χ3v) is 10.5. The smallest absolute Gasteiger partial charge is 0.458 e. The minimum Gasteiger partial charge on any atom is -0.497 e. The van der Waals surface area contributed by atoms with Crippen LogP contribution < -0.4 is 24.8 Å². The zero-order chi connectivity index (χ0) is 38.9. The van der Waals surface area contributed by atoms with E-state index in [1.54, 1.807) is 13.2 Å². The molecule has 1 aliphatic heterocycles. The lowest BCUT2D eigenvalue weighted by molar-refractivity contribution is -0.193. The molecular formula is C34H32F6N4O8S. The average molecular weight is 771 g/mol. The third kappa shape index (κ3) is 8.95. The number of aromatic nitrogens is 1. The number of sulfonamides is 1. The molecule has 6 rings (SSSR count). The van der Waals surface area contributed by atoms with Crippen molar-refractivity contribution in [3.8, 4) is 22.8 Å². The Bertz CT molecular complexity index is 2020. The minimum atomic E-state index is -5.77. The molecule has 2 aromatic carbocycles. The Morgan fingerprint density at radius 3 is 2.17 bits per heavy atom. The van der Waals surface area contributed by atoms with Crippen molar-refractivity contribution in [1.29, 1.82) is 0 Å². The molecule has 0 radical (unpaired) electrons. The van der Waals surface area contributed by atoms with Gasteiger partial charge in [-0.25, -0.2) is 13.4 Å². The van der Waals surface area contributed by atoms with Gasteiger partial charge in [-0.2, -0.15) is 26.3 Å². The van der Waals surface area contributed by atoms with Crippen molar-refractivity contribution in [3.05, 3.63) is 67.3 Å². The topological polar surface area (TPSA) is 170 Å². The number of carbonyl (C=O) groups excluding carboxylic acids is 4. The molecule has 3 aliphatic rings. The monoisotopic (exact) mass is 770 g/mol. The van der Waals surface area contributed by atoms with Gasteiger partial charge in [0.15, 0.2) is 0 Å². The Labute approximate surface area is 298 Å². The van der Waals surface area contributed by atoms with Gasteiger partial charge in [-0.3, -0.25) is 23.9 Å². The average Bonchev–Trinajstić information content (AvgIpc) is 4.04. The van der Waals surface area contributed by atoms with E-state index < -0.39 is 56.7 Å². The predicted octanol–water partition coefficient (Wildman–Crippen LogP) is 3.94. The molecule has 4 atom stereocenters. The zero-order valence-electron chi connectivity index (χ0n) is 27.7. The van der Waals surface area contributed by atoms with E-state index in [9.17, 15) is 53.9 Å². The number of carbonyl (C=O) groups is 4. The van der Waals surface area contributed by atoms with Crippen LogP contribution in [0.4, 0.5) is 26.3 Å². The first kappa shape index (κ1) is 39.2. The first-order valence-electron chi connectivity index (χ1n) is 16.0. The predicted molar refractivity (Wildman–Crippen MR) is 176 cm³/mol. The Morgan fingerprint density at radius 2 is 1.62 bits per heavy atom. The number of hydrogen-bond acceptors (Lipinski definition) is 10. The van der Waals surface area contributed by atoms with Gasteiger partial charge >= 0.3 is 23.9 Å². The summed E-state index contributed by atoms with van der Waals surface area (Å²) < 4.78 is 106. The number of ether oxygens (including phenoxy) is 2. The molecule has 1 aromatic heterocycles. The van der Waals surface area contributed by atoms with Crippen LogP contribution >= 0.6 is 0 Å². The maximum absolute atomic E-state index is 13.3. The summed E-state index contributed by atoms with van der Waals surface area (Å²) in [6.45, 7) is 4.16. The van der Waals surface area contributed by atoms with E-state index in [4.69, 9.17) is 14.5 Å². The second kappa shape index (κ2) is 14.8. The van der Waals surface area contributed by atoms with Gasteiger partial charge in [0.25, 0.3) is 5.91 Å². The van der Waals surface area contributed by atoms with Crippen LogP contribution in [0, 0.1) is 5.92 Å². The SMILES string of the molecule is C=C[C@@H]1C[C@]1(NC(=O)C1C[C@@H](Oc2cc(-c3ccccc3)nc3cc(OC)ccc23)CN1)C(=O)NS(=O)(=O)C1CC1.O=C(C(=O)C(F)(F)F)C(F)(F)F. The lowest BCUT2D eigenvalue weighted by Gasteiger charge is -2.21. The summed E-state index contributed by atoms with van der Waals surface area (Å²) in [6, 6.07) is 16.7. The first-order valence-corrected chi connectivity index (χ1v) is 17.5. The van der Waals surface area contributed by atoms with Gasteiger partial charge in [0.1, 0.15) is 23.1 Å². The van der Waals surface area contributed by atoms with E-state index in [1.807, 2.05) is 54.6 Å². The van der Waals surface area contributed by atoms with Gasteiger partial charge in [0.2, 0.25) is 15.9 Å². The number of hydrogen-bond donors (Lipinski definition) is 3. The Morgan fingerprint density at radius 1 is 0.981 bits per heavy atom. The van der Waals surface area contributed by atoms with E-state index >= 15 is 0 Å². The van der Waals surface area contributed by atoms with Crippen LogP contribution in [0.1, 0.15) is 25.7 Å². The summed E-state index contributed by atoms with van der Waals surface area (Å²) in [6.07, 6.45) is -8.55. The number of methoxy groups -OCH3 is 1. The molecule has 19 heteroatoms. The molecule has 1 unspecified atom stereocenters. The van der Waals surface area contributed by atoms with E-state index in [0.29, 0.717) is 43.7 Å². The van der Waals surface area contributed by atoms with Gasteiger partial charge < -0.3 is 20.1 Å². The van der Waals surface area contributed by atoms with Crippen LogP contribution in [-0.2, 0) is 29.2 Å². The number of pyridine rings is 1. The highest BCUT2D eigenvalue weighted by Crippen LogP contribution is 2.45. The summed E-state index contributed by atoms with van der Waals surface area (Å²) in [7, 11) is -2.13. The number of amides is 2. The molecule has 2 heterocycles. The number of nitrogens with zero attached hydrogens (tertiary/aromatic N) is 1. The summed E-state index contributed by atoms with van der Waals surface area (Å²) in [5.41, 5.74) is 1.10. The lowest BCUT2D eigenvalue weighted by atomic mass is 10.1. The fraction of sp³-hybridized carbons (Fsp3) is 0.382. The molecule has 12 nitrogen and oxygen atoms in total. The Balaban J connectivity index is 0.000000390. The molecule has 2 aliphatic carbocycles. The number of rotatable bonds is 11. The fourth-order valence-electron chi connectivity index (χ4n) is 5.61. The number of nitrogens with one attached hydrogen (secondary N) is 3. The van der Waals surface area contributed by atoms with Crippen LogP contribution in [0.25, 0.3) is 22.2 Å². The lowest BCUT2D eigenvalue weighted by Crippen LogP contribution is -2.55. The largest absolute Gasteiger partial charge is 0.497 e. The van der Waals surface area contributed by atoms with Crippen molar-refractivity contribution in [1.82, 2.24) is 20.3 Å². The van der Waals surface area contributed by atoms with Gasteiger partial charge in [-0.05, 0) is 31.4 Å². The van der Waals surface area contributed by atoms with Crippen LogP contribution in [-0.4, -0.2) is 85.7 Å². The standard InChI is InChI=1S/C30H32N4O6S.C4F6O2/c1-3-19-16-30(19,29(36)34-41(37,38)22-10-11-22)33-28(35)26-14-21(17-31-26)40-27-15-24(18-7-5-4-6-8-18)32-25-13-20(39-2)9-12-23(25)27;5-3(6,7)1(11)2(12)4(8,9)10/h3-9,12-13,15,19,21-22,26,31H,1,10-11,14,16-17H2,2H3,(H,33,35)(H,34,36);/t19-,21-,26?,30-;/m1./s1. The highest BCUT2D eigenvalue weighted by Gasteiger charge is 2.61. The molecule has 284 valence electrons. The molecule has 0 bridgehead atoms. The van der Waals surface area contributed by atoms with Crippen LogP contribution in [0.2, 0.25) is 0 Å². The summed E-state index contributed by atoms with van der Waals surface area (Å²) in [5, 5.41) is 6.29. The maximum atomic E-state index is 13.3. The summed E-state index contributed by atoms with van der Waals surface area (Å²) in [4.78, 5) is 50.3. The molecule has 3 N–H and O–H groups in total. The molecule has 3 aromatic rings. The maximum Gasteiger partial charge on any atom is 0.458 e. The number of fused-ring (bicyclic) bond motifs is 1. The molecule has 1 saturated heterocycles. The van der Waals surface area contributed by atoms with Gasteiger partial charge in [-0.15, -0.1) is 6.58 Å². The number of alkyl halides is 6. The fourth-order valence-corrected chi connectivity index (χ4v) is 6.97. The van der Waals surface area contributed by atoms with Crippen molar-refractivity contribution < 1.29 is 63.4 Å². The number of halogens is 6. The molecule has 2 saturated carbocycles. The normalized spacial score (nSPS) is 22.5. The van der Waals surface area contributed by atoms with Crippen molar-refractivity contribution in [2.75, 3.05) is 13.7 Å². The third-order valence-electron chi connectivity index (χ3n) is 8.72. The van der Waals surface area contributed by atoms with Crippen molar-refractivity contribution in [2.24, 2.45) is 5.92 Å². The van der Waals surface area contributed by atoms with E-state index in [1.165, 1.54) is 0 Å². The number of ketones is 2. The second-order valence-corrected chi connectivity index (χ2v) is 14.5. The van der Waals surface area contributed by atoms with E-state index in [0.717, 1.165) is 22.2 Å². The van der Waals surface area contributed by atoms with Gasteiger partial charge in [-0.1, -0.05) is 36.4 Å². The Kier molecular flexibility index (Phi) is 10.9. The summed E-state index contributed by atoms with van der Waals surface area (Å²) >= 11 is 0. The second-order valence-electron chi connectivity index (χ2n) is 12.5. The van der Waals surface area contributed by atoms with Gasteiger partial charge in [0, 0.05) is 42.0 Å². The summed E-state index contributed by atoms with van der Waals surface area (Å²) in [5.74, 6) is -6.93. The minimum absolute atomic E-state index is 0.301. The van der Waals surface area contributed by atoms with Crippen LogP contribution in [0.15, 0.2) is 67.3 Å². The Hall–Kier alpha value is -5.04. The quantitative estimate of drug-likeness (QED) is 0.148. The van der Waals surface area contributed by atoms with Crippen molar-refractivity contribution in [3.63, 3.8) is 0 Å². The van der Waals surface area contributed by atoms with E-state index in [2.05, 4.69) is 21.9 Å². The van der Waals surface area contributed by atoms with Crippen molar-refractivity contribution >= 4 is 44.3 Å². The highest BCUT2D eigenvalue weighted by atomic mass is 32.2. The van der Waals surface area contributed by atoms with Crippen LogP contribution in [0.3, 0.4) is 0 Å². The number of benzene rings is 2. The molecule has 3 fully saturated rings. The molecule has 53 heavy (non-hydrogen) atoms.